The lowest BCUT2D eigenvalue weighted by molar-refractivity contribution is -0.146. The zero-order valence-electron chi connectivity index (χ0n) is 7.80. The van der Waals surface area contributed by atoms with Gasteiger partial charge < -0.3 is 10.2 Å². The van der Waals surface area contributed by atoms with E-state index in [0.29, 0.717) is 0 Å². The number of carbonyl (C=O) groups excluding carboxylic acids is 1. The van der Waals surface area contributed by atoms with Crippen LogP contribution in [0.1, 0.15) is 32.6 Å². The predicted octanol–water partition coefficient (Wildman–Crippen LogP) is 1.16. The van der Waals surface area contributed by atoms with Gasteiger partial charge in [0.25, 0.3) is 0 Å². The van der Waals surface area contributed by atoms with Crippen molar-refractivity contribution in [3.63, 3.8) is 0 Å². The average Bonchev–Trinajstić information content (AvgIpc) is 2.05. The molecule has 0 aliphatic heterocycles. The van der Waals surface area contributed by atoms with E-state index in [4.69, 9.17) is 0 Å². The molecular formula is C9H18O3. The molecule has 12 heavy (non-hydrogen) atoms. The Morgan fingerprint density at radius 1 is 1.25 bits per heavy atom. The third-order valence-corrected chi connectivity index (χ3v) is 2.55. The van der Waals surface area contributed by atoms with Gasteiger partial charge in [-0.3, -0.25) is 4.79 Å². The summed E-state index contributed by atoms with van der Waals surface area (Å²) in [7, 11) is 1.47. The second kappa shape index (κ2) is 5.14. The molecule has 3 heteroatoms. The molecule has 0 saturated heterocycles. The van der Waals surface area contributed by atoms with Crippen molar-refractivity contribution < 1.29 is 15.0 Å². The lowest BCUT2D eigenvalue weighted by atomic mass is 9.83. The Bertz CT molecular complexity index is 137. The Hall–Kier alpha value is -0.570. The molecule has 1 fully saturated rings. The van der Waals surface area contributed by atoms with Crippen LogP contribution in [0.4, 0.5) is 0 Å². The topological polar surface area (TPSA) is 57.8 Å². The van der Waals surface area contributed by atoms with Crippen molar-refractivity contribution in [1.82, 2.24) is 0 Å². The molecule has 0 aromatic heterocycles. The largest absolute Gasteiger partial charge is 0.469 e. The van der Waals surface area contributed by atoms with Crippen LogP contribution >= 0.6 is 0 Å². The van der Waals surface area contributed by atoms with E-state index in [9.17, 15) is 4.79 Å². The molecule has 0 aromatic carbocycles. The van der Waals surface area contributed by atoms with Crippen molar-refractivity contribution in [3.8, 4) is 0 Å². The van der Waals surface area contributed by atoms with Crippen LogP contribution in [0, 0.1) is 11.8 Å². The van der Waals surface area contributed by atoms with Crippen molar-refractivity contribution in [1.29, 1.82) is 0 Å². The van der Waals surface area contributed by atoms with Gasteiger partial charge in [-0.1, -0.05) is 6.92 Å². The molecule has 0 bridgehead atoms. The van der Waals surface area contributed by atoms with Gasteiger partial charge in [0.1, 0.15) is 0 Å². The van der Waals surface area contributed by atoms with Crippen LogP contribution in [0.15, 0.2) is 0 Å². The lowest BCUT2D eigenvalue weighted by Crippen LogP contribution is -2.21. The molecule has 0 heterocycles. The third-order valence-electron chi connectivity index (χ3n) is 2.55. The first kappa shape index (κ1) is 11.4. The van der Waals surface area contributed by atoms with Gasteiger partial charge >= 0.3 is 5.97 Å². The summed E-state index contributed by atoms with van der Waals surface area (Å²) in [6.07, 6.45) is 4.40. The van der Waals surface area contributed by atoms with Crippen molar-refractivity contribution in [2.45, 2.75) is 32.6 Å². The summed E-state index contributed by atoms with van der Waals surface area (Å²) in [4.78, 5) is 11.1. The third kappa shape index (κ3) is 2.81. The van der Waals surface area contributed by atoms with Gasteiger partial charge in [0.15, 0.2) is 0 Å². The zero-order valence-corrected chi connectivity index (χ0v) is 7.80. The molecule has 0 atom stereocenters. The highest BCUT2D eigenvalue weighted by Gasteiger charge is 2.24. The van der Waals surface area contributed by atoms with Gasteiger partial charge in [-0.05, 0) is 31.6 Å². The zero-order chi connectivity index (χ0) is 8.27. The maximum absolute atomic E-state index is 11.1. The van der Waals surface area contributed by atoms with Crippen LogP contribution in [-0.2, 0) is 9.53 Å². The van der Waals surface area contributed by atoms with Crippen LogP contribution in [0.2, 0.25) is 0 Å². The van der Waals surface area contributed by atoms with Gasteiger partial charge in [-0.2, -0.15) is 0 Å². The molecule has 0 radical (unpaired) electrons. The molecular weight excluding hydrogens is 156 g/mol. The van der Waals surface area contributed by atoms with E-state index in [1.807, 2.05) is 0 Å². The Balaban J connectivity index is 0.00000121. The highest BCUT2D eigenvalue weighted by atomic mass is 16.5. The Kier molecular flexibility index (Phi) is 4.90. The highest BCUT2D eigenvalue weighted by molar-refractivity contribution is 5.72. The minimum Gasteiger partial charge on any atom is -0.469 e. The fraction of sp³-hybridized carbons (Fsp3) is 0.889. The smallest absolute Gasteiger partial charge is 0.308 e. The van der Waals surface area contributed by atoms with E-state index >= 15 is 0 Å². The van der Waals surface area contributed by atoms with Gasteiger partial charge in [0, 0.05) is 0 Å². The molecule has 1 aliphatic carbocycles. The van der Waals surface area contributed by atoms with Crippen molar-refractivity contribution in [2.24, 2.45) is 11.8 Å². The summed E-state index contributed by atoms with van der Waals surface area (Å²) < 4.78 is 4.69. The molecule has 1 rings (SSSR count). The van der Waals surface area contributed by atoms with E-state index in [2.05, 4.69) is 11.7 Å². The number of ether oxygens (including phenoxy) is 1. The first-order chi connectivity index (χ1) is 5.24. The molecule has 0 aromatic rings. The summed E-state index contributed by atoms with van der Waals surface area (Å²) in [5.41, 5.74) is 0. The van der Waals surface area contributed by atoms with Crippen molar-refractivity contribution in [2.75, 3.05) is 7.11 Å². The normalized spacial score (nSPS) is 28.8. The summed E-state index contributed by atoms with van der Waals surface area (Å²) in [5, 5.41) is 0. The van der Waals surface area contributed by atoms with E-state index in [-0.39, 0.29) is 17.4 Å². The summed E-state index contributed by atoms with van der Waals surface area (Å²) >= 11 is 0. The second-order valence-electron chi connectivity index (χ2n) is 3.48. The summed E-state index contributed by atoms with van der Waals surface area (Å²) in [6.45, 7) is 2.24. The van der Waals surface area contributed by atoms with Crippen molar-refractivity contribution in [3.05, 3.63) is 0 Å². The predicted molar refractivity (Wildman–Crippen MR) is 46.8 cm³/mol. The molecule has 1 aliphatic rings. The summed E-state index contributed by atoms with van der Waals surface area (Å²) in [5.74, 6) is 0.976. The number of methoxy groups -OCH3 is 1. The lowest BCUT2D eigenvalue weighted by Gasteiger charge is -2.23. The van der Waals surface area contributed by atoms with E-state index in [1.54, 1.807) is 0 Å². The maximum atomic E-state index is 11.1. The number of hydrogen-bond donors (Lipinski definition) is 0. The Morgan fingerprint density at radius 3 is 2.17 bits per heavy atom. The van der Waals surface area contributed by atoms with Crippen LogP contribution in [0.5, 0.6) is 0 Å². The minimum absolute atomic E-state index is 0. The Labute approximate surface area is 73.4 Å². The molecule has 1 saturated carbocycles. The van der Waals surface area contributed by atoms with Crippen LogP contribution in [0.25, 0.3) is 0 Å². The highest BCUT2D eigenvalue weighted by Crippen LogP contribution is 2.28. The monoisotopic (exact) mass is 174 g/mol. The second-order valence-corrected chi connectivity index (χ2v) is 3.48. The number of rotatable bonds is 1. The minimum atomic E-state index is -0.0168. The fourth-order valence-electron chi connectivity index (χ4n) is 1.66. The fourth-order valence-corrected chi connectivity index (χ4v) is 1.66. The first-order valence-electron chi connectivity index (χ1n) is 4.32. The molecule has 0 amide bonds. The maximum Gasteiger partial charge on any atom is 0.308 e. The van der Waals surface area contributed by atoms with E-state index in [1.165, 1.54) is 20.0 Å². The van der Waals surface area contributed by atoms with Gasteiger partial charge in [-0.25, -0.2) is 0 Å². The van der Waals surface area contributed by atoms with Crippen LogP contribution in [0.3, 0.4) is 0 Å². The Morgan fingerprint density at radius 2 is 1.75 bits per heavy atom. The van der Waals surface area contributed by atoms with Crippen LogP contribution in [-0.4, -0.2) is 18.6 Å². The quantitative estimate of drug-likeness (QED) is 0.560. The van der Waals surface area contributed by atoms with Gasteiger partial charge in [0.05, 0.1) is 13.0 Å². The molecule has 3 nitrogen and oxygen atoms in total. The molecule has 0 unspecified atom stereocenters. The van der Waals surface area contributed by atoms with E-state index < -0.39 is 0 Å². The standard InChI is InChI=1S/C9H16O2.H2O/c1-7-3-5-8(6-4-7)9(10)11-2;/h7-8H,3-6H2,1-2H3;1H2. The molecule has 72 valence electrons. The average molecular weight is 174 g/mol. The SMILES string of the molecule is COC(=O)C1CCC(C)CC1.O. The number of hydrogen-bond acceptors (Lipinski definition) is 2. The van der Waals surface area contributed by atoms with E-state index in [0.717, 1.165) is 18.8 Å². The van der Waals surface area contributed by atoms with Crippen molar-refractivity contribution >= 4 is 5.97 Å². The summed E-state index contributed by atoms with van der Waals surface area (Å²) in [6, 6.07) is 0. The van der Waals surface area contributed by atoms with Gasteiger partial charge in [0.2, 0.25) is 0 Å². The van der Waals surface area contributed by atoms with Crippen LogP contribution < -0.4 is 0 Å². The molecule has 2 N–H and O–H groups in total. The first-order valence-corrected chi connectivity index (χ1v) is 4.32. The number of esters is 1. The van der Waals surface area contributed by atoms with Gasteiger partial charge in [-0.15, -0.1) is 0 Å². The number of carbonyl (C=O) groups is 1. The molecule has 0 spiro atoms.